The first-order valence-electron chi connectivity index (χ1n) is 6.87. The highest BCUT2D eigenvalue weighted by atomic mass is 32.1. The van der Waals surface area contributed by atoms with E-state index in [4.69, 9.17) is 15.2 Å². The molecule has 1 fully saturated rings. The van der Waals surface area contributed by atoms with Crippen molar-refractivity contribution in [3.05, 3.63) is 10.4 Å². The molecule has 1 aromatic heterocycles. The smallest absolute Gasteiger partial charge is 0.350 e. The van der Waals surface area contributed by atoms with Crippen molar-refractivity contribution < 1.29 is 14.3 Å². The predicted octanol–water partition coefficient (Wildman–Crippen LogP) is 1.99. The molecule has 0 radical (unpaired) electrons. The number of morpholine rings is 1. The number of hydrogen-bond acceptors (Lipinski definition) is 7. The lowest BCUT2D eigenvalue weighted by Gasteiger charge is -2.36. The second-order valence-corrected chi connectivity index (χ2v) is 6.02. The second-order valence-electron chi connectivity index (χ2n) is 5.02. The summed E-state index contributed by atoms with van der Waals surface area (Å²) in [7, 11) is 0. The maximum Gasteiger partial charge on any atom is 0.350 e. The minimum atomic E-state index is -0.475. The van der Waals surface area contributed by atoms with Crippen molar-refractivity contribution in [1.82, 2.24) is 0 Å². The third kappa shape index (κ3) is 3.12. The molecule has 0 bridgehead atoms. The fourth-order valence-electron chi connectivity index (χ4n) is 2.45. The van der Waals surface area contributed by atoms with E-state index in [2.05, 4.69) is 11.0 Å². The van der Waals surface area contributed by atoms with Gasteiger partial charge in [0.1, 0.15) is 21.5 Å². The number of hydrogen-bond donors (Lipinski definition) is 1. The summed E-state index contributed by atoms with van der Waals surface area (Å²) in [6.45, 7) is 7.32. The SMILES string of the molecule is CCOC(=O)c1sc(N2CC(C)OC(C)C2)c(C#N)c1N. The molecular weight excluding hydrogens is 290 g/mol. The van der Waals surface area contributed by atoms with E-state index >= 15 is 0 Å². The molecule has 0 amide bonds. The molecule has 1 saturated heterocycles. The van der Waals surface area contributed by atoms with Crippen LogP contribution in [0.2, 0.25) is 0 Å². The van der Waals surface area contributed by atoms with E-state index in [-0.39, 0.29) is 24.5 Å². The first-order valence-corrected chi connectivity index (χ1v) is 7.69. The summed E-state index contributed by atoms with van der Waals surface area (Å²) in [5, 5.41) is 10.1. The number of nitrogens with two attached hydrogens (primary N) is 1. The maximum absolute atomic E-state index is 11.9. The number of nitriles is 1. The molecule has 2 rings (SSSR count). The molecule has 2 heterocycles. The summed E-state index contributed by atoms with van der Waals surface area (Å²) in [5.74, 6) is -0.475. The zero-order chi connectivity index (χ0) is 15.6. The number of thiophene rings is 1. The van der Waals surface area contributed by atoms with Crippen LogP contribution in [0.1, 0.15) is 36.0 Å². The van der Waals surface area contributed by atoms with E-state index in [1.807, 2.05) is 13.8 Å². The molecule has 114 valence electrons. The van der Waals surface area contributed by atoms with Gasteiger partial charge in [-0.05, 0) is 20.8 Å². The Morgan fingerprint density at radius 3 is 2.67 bits per heavy atom. The van der Waals surface area contributed by atoms with Crippen LogP contribution in [0.15, 0.2) is 0 Å². The molecule has 7 heteroatoms. The van der Waals surface area contributed by atoms with E-state index in [0.29, 0.717) is 23.5 Å². The Kier molecular flexibility index (Phi) is 4.70. The van der Waals surface area contributed by atoms with Gasteiger partial charge in [-0.1, -0.05) is 0 Å². The molecule has 0 aliphatic carbocycles. The minimum absolute atomic E-state index is 0.0645. The zero-order valence-corrected chi connectivity index (χ0v) is 13.2. The van der Waals surface area contributed by atoms with Crippen molar-refractivity contribution in [1.29, 1.82) is 5.26 Å². The van der Waals surface area contributed by atoms with Crippen molar-refractivity contribution >= 4 is 28.0 Å². The lowest BCUT2D eigenvalue weighted by Crippen LogP contribution is -2.45. The van der Waals surface area contributed by atoms with Crippen molar-refractivity contribution in [2.45, 2.75) is 33.0 Å². The van der Waals surface area contributed by atoms with Crippen LogP contribution in [0.25, 0.3) is 0 Å². The van der Waals surface area contributed by atoms with Crippen LogP contribution < -0.4 is 10.6 Å². The van der Waals surface area contributed by atoms with E-state index in [9.17, 15) is 10.1 Å². The van der Waals surface area contributed by atoms with Gasteiger partial charge in [-0.2, -0.15) is 5.26 Å². The standard InChI is InChI=1S/C14H19N3O3S/c1-4-19-14(18)12-11(16)10(5-15)13(21-12)17-6-8(2)20-9(3)7-17/h8-9H,4,6-7,16H2,1-3H3. The topological polar surface area (TPSA) is 88.6 Å². The zero-order valence-electron chi connectivity index (χ0n) is 12.4. The van der Waals surface area contributed by atoms with Crippen LogP contribution in [0.5, 0.6) is 0 Å². The highest BCUT2D eigenvalue weighted by Gasteiger charge is 2.29. The number of nitrogens with zero attached hydrogens (tertiary/aromatic N) is 2. The molecule has 2 N–H and O–H groups in total. The Morgan fingerprint density at radius 1 is 1.52 bits per heavy atom. The molecule has 1 aliphatic heterocycles. The molecule has 1 aromatic rings. The molecule has 6 nitrogen and oxygen atoms in total. The van der Waals surface area contributed by atoms with Crippen LogP contribution >= 0.6 is 11.3 Å². The first-order chi connectivity index (χ1) is 9.97. The summed E-state index contributed by atoms with van der Waals surface area (Å²) in [6.07, 6.45) is 0.129. The van der Waals surface area contributed by atoms with Crippen molar-refractivity contribution in [2.24, 2.45) is 0 Å². The Hall–Kier alpha value is -1.78. The largest absolute Gasteiger partial charge is 0.462 e. The van der Waals surface area contributed by atoms with E-state index < -0.39 is 5.97 Å². The fourth-order valence-corrected chi connectivity index (χ4v) is 3.54. The summed E-state index contributed by atoms with van der Waals surface area (Å²) < 4.78 is 10.7. The number of carbonyl (C=O) groups excluding carboxylic acids is 1. The third-order valence-electron chi connectivity index (χ3n) is 3.21. The number of anilines is 2. The Balaban J connectivity index is 2.37. The van der Waals surface area contributed by atoms with Crippen molar-refractivity contribution in [3.8, 4) is 6.07 Å². The van der Waals surface area contributed by atoms with Gasteiger partial charge in [-0.3, -0.25) is 0 Å². The van der Waals surface area contributed by atoms with Crippen LogP contribution in [-0.2, 0) is 9.47 Å². The van der Waals surface area contributed by atoms with Crippen molar-refractivity contribution in [3.63, 3.8) is 0 Å². The summed E-state index contributed by atoms with van der Waals surface area (Å²) in [4.78, 5) is 14.3. The van der Waals surface area contributed by atoms with Crippen LogP contribution in [0, 0.1) is 11.3 Å². The highest BCUT2D eigenvalue weighted by Crippen LogP contribution is 2.39. The lowest BCUT2D eigenvalue weighted by atomic mass is 10.2. The van der Waals surface area contributed by atoms with Gasteiger partial charge in [-0.25, -0.2) is 4.79 Å². The number of esters is 1. The van der Waals surface area contributed by atoms with E-state index in [1.54, 1.807) is 6.92 Å². The Labute approximate surface area is 128 Å². The molecule has 2 unspecified atom stereocenters. The van der Waals surface area contributed by atoms with Gasteiger partial charge in [-0.15, -0.1) is 11.3 Å². The van der Waals surface area contributed by atoms with Gasteiger partial charge in [0.2, 0.25) is 0 Å². The van der Waals surface area contributed by atoms with Crippen molar-refractivity contribution in [2.75, 3.05) is 30.3 Å². The van der Waals surface area contributed by atoms with Crippen LogP contribution in [0.3, 0.4) is 0 Å². The normalized spacial score (nSPS) is 21.9. The summed E-state index contributed by atoms with van der Waals surface area (Å²) >= 11 is 1.22. The van der Waals surface area contributed by atoms with Gasteiger partial charge in [0.25, 0.3) is 0 Å². The summed E-state index contributed by atoms with van der Waals surface area (Å²) in [5.41, 5.74) is 6.51. The first kappa shape index (κ1) is 15.6. The van der Waals surface area contributed by atoms with E-state index in [1.165, 1.54) is 11.3 Å². The Bertz CT molecular complexity index is 569. The minimum Gasteiger partial charge on any atom is -0.462 e. The second kappa shape index (κ2) is 6.33. The maximum atomic E-state index is 11.9. The number of ether oxygens (including phenoxy) is 2. The van der Waals surface area contributed by atoms with Gasteiger partial charge in [0, 0.05) is 13.1 Å². The van der Waals surface area contributed by atoms with E-state index in [0.717, 1.165) is 5.00 Å². The molecule has 0 aromatic carbocycles. The fraction of sp³-hybridized carbons (Fsp3) is 0.571. The van der Waals surface area contributed by atoms with Gasteiger partial charge >= 0.3 is 5.97 Å². The van der Waals surface area contributed by atoms with Gasteiger partial charge in [0.05, 0.1) is 24.5 Å². The van der Waals surface area contributed by atoms with Crippen LogP contribution in [0.4, 0.5) is 10.7 Å². The number of carbonyl (C=O) groups is 1. The average molecular weight is 309 g/mol. The number of rotatable bonds is 3. The Morgan fingerprint density at radius 2 is 2.14 bits per heavy atom. The average Bonchev–Trinajstić information content (AvgIpc) is 2.75. The summed E-state index contributed by atoms with van der Waals surface area (Å²) in [6, 6.07) is 2.10. The number of nitrogen functional groups attached to an aromatic ring is 1. The molecule has 2 atom stereocenters. The molecule has 0 spiro atoms. The quantitative estimate of drug-likeness (QED) is 0.859. The molecular formula is C14H19N3O3S. The molecule has 0 saturated carbocycles. The third-order valence-corrected chi connectivity index (χ3v) is 4.45. The van der Waals surface area contributed by atoms with Crippen LogP contribution in [-0.4, -0.2) is 37.9 Å². The molecule has 21 heavy (non-hydrogen) atoms. The monoisotopic (exact) mass is 309 g/mol. The lowest BCUT2D eigenvalue weighted by molar-refractivity contribution is -0.00502. The van der Waals surface area contributed by atoms with Gasteiger partial charge in [0.15, 0.2) is 0 Å². The molecule has 1 aliphatic rings. The predicted molar refractivity (Wildman–Crippen MR) is 81.6 cm³/mol. The van der Waals surface area contributed by atoms with Gasteiger partial charge < -0.3 is 20.1 Å². The highest BCUT2D eigenvalue weighted by molar-refractivity contribution is 7.18.